The molecule has 0 saturated carbocycles. The summed E-state index contributed by atoms with van der Waals surface area (Å²) in [6.07, 6.45) is -0.462. The third kappa shape index (κ3) is 2.33. The first-order valence-corrected chi connectivity index (χ1v) is 4.67. The Morgan fingerprint density at radius 3 is 2.50 bits per heavy atom. The van der Waals surface area contributed by atoms with Gasteiger partial charge in [0.2, 0.25) is 0 Å². The van der Waals surface area contributed by atoms with Gasteiger partial charge in [0.05, 0.1) is 0 Å². The van der Waals surface area contributed by atoms with Gasteiger partial charge in [0, 0.05) is 12.7 Å². The van der Waals surface area contributed by atoms with E-state index in [9.17, 15) is 9.90 Å². The Labute approximate surface area is 84.0 Å². The second-order valence-corrected chi connectivity index (χ2v) is 3.16. The molecule has 1 N–H and O–H groups in total. The van der Waals surface area contributed by atoms with Gasteiger partial charge in [-0.2, -0.15) is 0 Å². The van der Waals surface area contributed by atoms with Crippen LogP contribution < -0.4 is 4.90 Å². The van der Waals surface area contributed by atoms with Crippen LogP contribution in [0.4, 0.5) is 5.69 Å². The minimum atomic E-state index is -0.903. The number of nitrogens with zero attached hydrogens (tertiary/aromatic N) is 1. The zero-order valence-corrected chi connectivity index (χ0v) is 8.47. The predicted octanol–water partition coefficient (Wildman–Crippen LogP) is 1.42. The Morgan fingerprint density at radius 1 is 1.43 bits per heavy atom. The fourth-order valence-corrected chi connectivity index (χ4v) is 1.18. The Bertz CT molecular complexity index is 297. The van der Waals surface area contributed by atoms with Gasteiger partial charge in [0.15, 0.2) is 0 Å². The van der Waals surface area contributed by atoms with Gasteiger partial charge in [-0.1, -0.05) is 25.1 Å². The number of carbonyl (C=O) groups is 1. The van der Waals surface area contributed by atoms with Crippen LogP contribution in [-0.4, -0.2) is 24.2 Å². The van der Waals surface area contributed by atoms with E-state index < -0.39 is 6.10 Å². The monoisotopic (exact) mass is 193 g/mol. The normalized spacial score (nSPS) is 12.2. The van der Waals surface area contributed by atoms with Gasteiger partial charge in [-0.3, -0.25) is 4.79 Å². The van der Waals surface area contributed by atoms with E-state index in [0.29, 0.717) is 6.42 Å². The molecule has 3 heteroatoms. The Hall–Kier alpha value is -1.35. The first-order valence-electron chi connectivity index (χ1n) is 4.67. The van der Waals surface area contributed by atoms with E-state index in [2.05, 4.69) is 0 Å². The van der Waals surface area contributed by atoms with Crippen LogP contribution >= 0.6 is 0 Å². The zero-order chi connectivity index (χ0) is 10.6. The SMILES string of the molecule is CCC(O)C(=O)N(C)c1ccccc1. The summed E-state index contributed by atoms with van der Waals surface area (Å²) in [6.45, 7) is 1.78. The number of amides is 1. The predicted molar refractivity (Wildman–Crippen MR) is 56.1 cm³/mol. The largest absolute Gasteiger partial charge is 0.383 e. The van der Waals surface area contributed by atoms with Crippen molar-refractivity contribution in [2.24, 2.45) is 0 Å². The minimum absolute atomic E-state index is 0.265. The molecule has 0 aromatic heterocycles. The molecule has 0 aliphatic rings. The van der Waals surface area contributed by atoms with Gasteiger partial charge in [-0.25, -0.2) is 0 Å². The van der Waals surface area contributed by atoms with Crippen LogP contribution in [-0.2, 0) is 4.79 Å². The first kappa shape index (κ1) is 10.7. The summed E-state index contributed by atoms with van der Waals surface area (Å²) in [5.74, 6) is -0.265. The van der Waals surface area contributed by atoms with Crippen LogP contribution in [0.25, 0.3) is 0 Å². The van der Waals surface area contributed by atoms with Crippen molar-refractivity contribution in [3.05, 3.63) is 30.3 Å². The van der Waals surface area contributed by atoms with Crippen molar-refractivity contribution in [3.63, 3.8) is 0 Å². The molecule has 0 aliphatic heterocycles. The van der Waals surface area contributed by atoms with Crippen molar-refractivity contribution in [2.75, 3.05) is 11.9 Å². The van der Waals surface area contributed by atoms with Crippen molar-refractivity contribution in [3.8, 4) is 0 Å². The summed E-state index contributed by atoms with van der Waals surface area (Å²) >= 11 is 0. The Morgan fingerprint density at radius 2 is 2.00 bits per heavy atom. The molecule has 1 aromatic rings. The number of hydrogen-bond acceptors (Lipinski definition) is 2. The molecule has 0 fully saturated rings. The highest BCUT2D eigenvalue weighted by atomic mass is 16.3. The van der Waals surface area contributed by atoms with Crippen molar-refractivity contribution in [1.82, 2.24) is 0 Å². The van der Waals surface area contributed by atoms with Crippen LogP contribution in [0, 0.1) is 0 Å². The molecule has 1 rings (SSSR count). The number of carbonyl (C=O) groups excluding carboxylic acids is 1. The molecule has 14 heavy (non-hydrogen) atoms. The number of benzene rings is 1. The molecule has 1 unspecified atom stereocenters. The average Bonchev–Trinajstić information content (AvgIpc) is 2.27. The van der Waals surface area contributed by atoms with Gasteiger partial charge in [-0.05, 0) is 18.6 Å². The van der Waals surface area contributed by atoms with Gasteiger partial charge < -0.3 is 10.0 Å². The minimum Gasteiger partial charge on any atom is -0.383 e. The average molecular weight is 193 g/mol. The molecular formula is C11H15NO2. The van der Waals surface area contributed by atoms with E-state index >= 15 is 0 Å². The molecule has 0 heterocycles. The number of aliphatic hydroxyl groups is 1. The lowest BCUT2D eigenvalue weighted by Gasteiger charge is -2.19. The Balaban J connectivity index is 2.76. The number of likely N-dealkylation sites (N-methyl/N-ethyl adjacent to an activating group) is 1. The summed E-state index contributed by atoms with van der Waals surface area (Å²) in [5, 5.41) is 9.37. The van der Waals surface area contributed by atoms with E-state index in [4.69, 9.17) is 0 Å². The smallest absolute Gasteiger partial charge is 0.255 e. The van der Waals surface area contributed by atoms with Crippen LogP contribution in [0.2, 0.25) is 0 Å². The van der Waals surface area contributed by atoms with Crippen molar-refractivity contribution < 1.29 is 9.90 Å². The fraction of sp³-hybridized carbons (Fsp3) is 0.364. The molecule has 1 atom stereocenters. The van der Waals surface area contributed by atoms with Crippen molar-refractivity contribution in [2.45, 2.75) is 19.4 Å². The summed E-state index contributed by atoms with van der Waals surface area (Å²) < 4.78 is 0. The highest BCUT2D eigenvalue weighted by molar-refractivity contribution is 5.95. The molecular weight excluding hydrogens is 178 g/mol. The topological polar surface area (TPSA) is 40.5 Å². The van der Waals surface area contributed by atoms with Crippen LogP contribution in [0.15, 0.2) is 30.3 Å². The molecule has 0 radical (unpaired) electrons. The molecule has 0 saturated heterocycles. The van der Waals surface area contributed by atoms with E-state index in [1.807, 2.05) is 30.3 Å². The number of anilines is 1. The van der Waals surface area contributed by atoms with Crippen molar-refractivity contribution >= 4 is 11.6 Å². The third-order valence-electron chi connectivity index (χ3n) is 2.15. The fourth-order valence-electron chi connectivity index (χ4n) is 1.18. The quantitative estimate of drug-likeness (QED) is 0.788. The molecule has 1 amide bonds. The van der Waals surface area contributed by atoms with Crippen LogP contribution in [0.3, 0.4) is 0 Å². The maximum Gasteiger partial charge on any atom is 0.255 e. The molecule has 1 aromatic carbocycles. The second-order valence-electron chi connectivity index (χ2n) is 3.16. The van der Waals surface area contributed by atoms with Crippen LogP contribution in [0.1, 0.15) is 13.3 Å². The molecule has 0 aliphatic carbocycles. The summed E-state index contributed by atoms with van der Waals surface area (Å²) in [4.78, 5) is 13.0. The van der Waals surface area contributed by atoms with Gasteiger partial charge in [-0.15, -0.1) is 0 Å². The maximum atomic E-state index is 11.6. The third-order valence-corrected chi connectivity index (χ3v) is 2.15. The van der Waals surface area contributed by atoms with E-state index in [1.54, 1.807) is 14.0 Å². The number of aliphatic hydroxyl groups excluding tert-OH is 1. The highest BCUT2D eigenvalue weighted by Gasteiger charge is 2.17. The van der Waals surface area contributed by atoms with Crippen LogP contribution in [0.5, 0.6) is 0 Å². The summed E-state index contributed by atoms with van der Waals surface area (Å²) in [6, 6.07) is 9.27. The lowest BCUT2D eigenvalue weighted by Crippen LogP contribution is -2.35. The lowest BCUT2D eigenvalue weighted by molar-refractivity contribution is -0.126. The molecule has 3 nitrogen and oxygen atoms in total. The molecule has 0 bridgehead atoms. The summed E-state index contributed by atoms with van der Waals surface area (Å²) in [5.41, 5.74) is 0.796. The Kier molecular flexibility index (Phi) is 3.65. The van der Waals surface area contributed by atoms with Gasteiger partial charge in [0.25, 0.3) is 5.91 Å². The second kappa shape index (κ2) is 4.77. The standard InChI is InChI=1S/C11H15NO2/c1-3-10(13)11(14)12(2)9-7-5-4-6-8-9/h4-8,10,13H,3H2,1-2H3. The summed E-state index contributed by atoms with van der Waals surface area (Å²) in [7, 11) is 1.66. The molecule has 76 valence electrons. The van der Waals surface area contributed by atoms with Crippen molar-refractivity contribution in [1.29, 1.82) is 0 Å². The number of hydrogen-bond donors (Lipinski definition) is 1. The number of rotatable bonds is 3. The van der Waals surface area contributed by atoms with Gasteiger partial charge >= 0.3 is 0 Å². The van der Waals surface area contributed by atoms with E-state index in [0.717, 1.165) is 5.69 Å². The lowest BCUT2D eigenvalue weighted by atomic mass is 10.2. The van der Waals surface area contributed by atoms with E-state index in [-0.39, 0.29) is 5.91 Å². The maximum absolute atomic E-state index is 11.6. The van der Waals surface area contributed by atoms with Gasteiger partial charge in [0.1, 0.15) is 6.10 Å². The van der Waals surface area contributed by atoms with E-state index in [1.165, 1.54) is 4.90 Å². The molecule has 0 spiro atoms. The first-order chi connectivity index (χ1) is 6.66. The number of para-hydroxylation sites is 1. The highest BCUT2D eigenvalue weighted by Crippen LogP contribution is 2.12. The zero-order valence-electron chi connectivity index (χ0n) is 8.47.